The zero-order chi connectivity index (χ0) is 28.6. The zero-order valence-electron chi connectivity index (χ0n) is 24.2. The molecule has 0 spiro atoms. The van der Waals surface area contributed by atoms with Crippen molar-refractivity contribution in [2.75, 3.05) is 13.1 Å². The fraction of sp³-hybridized carbons (Fsp3) is 0.265. The van der Waals surface area contributed by atoms with Crippen LogP contribution in [0.4, 0.5) is 22.7 Å². The van der Waals surface area contributed by atoms with E-state index in [1.54, 1.807) is 0 Å². The molecule has 6 nitrogen and oxygen atoms in total. The van der Waals surface area contributed by atoms with Crippen LogP contribution >= 0.6 is 0 Å². The quantitative estimate of drug-likeness (QED) is 0.116. The van der Waals surface area contributed by atoms with Crippen molar-refractivity contribution in [1.29, 1.82) is 0 Å². The van der Waals surface area contributed by atoms with Gasteiger partial charge in [0.15, 0.2) is 0 Å². The summed E-state index contributed by atoms with van der Waals surface area (Å²) in [6.45, 7) is 14.4. The summed E-state index contributed by atoms with van der Waals surface area (Å²) in [4.78, 5) is 6.76. The van der Waals surface area contributed by atoms with Crippen LogP contribution in [-0.4, -0.2) is 24.2 Å². The predicted octanol–water partition coefficient (Wildman–Crippen LogP) is 10.6. The monoisotopic (exact) mass is 532 g/mol. The summed E-state index contributed by atoms with van der Waals surface area (Å²) in [6.07, 6.45) is 11.2. The highest BCUT2D eigenvalue weighted by Crippen LogP contribution is 2.23. The van der Waals surface area contributed by atoms with Crippen LogP contribution in [0.3, 0.4) is 0 Å². The summed E-state index contributed by atoms with van der Waals surface area (Å²) in [7, 11) is 0. The van der Waals surface area contributed by atoms with E-state index >= 15 is 0 Å². The van der Waals surface area contributed by atoms with Gasteiger partial charge in [-0.15, -0.1) is 0 Å². The van der Waals surface area contributed by atoms with Crippen LogP contribution in [0.5, 0.6) is 0 Å². The van der Waals surface area contributed by atoms with Gasteiger partial charge in [0.1, 0.15) is 0 Å². The number of rotatable bonds is 14. The molecule has 0 fully saturated rings. The van der Waals surface area contributed by atoms with Gasteiger partial charge in [0.05, 0.1) is 28.4 Å². The van der Waals surface area contributed by atoms with E-state index in [4.69, 9.17) is 0 Å². The molecule has 0 atom stereocenters. The molecule has 0 aromatic heterocycles. The smallest absolute Gasteiger partial charge is 0.0858 e. The SMILES string of the molecule is C=C(/C=C\C(=C/C)N=Nc1ccc(C=Nc2ccc(N=Nc3ccc(CCCC)cc3)cc2)cc1)N(CC)CC. The van der Waals surface area contributed by atoms with E-state index in [2.05, 4.69) is 69.8 Å². The largest absolute Gasteiger partial charge is 0.373 e. The Bertz CT molecular complexity index is 1340. The number of unbranched alkanes of at least 4 members (excludes halogenated alkanes) is 1. The Kier molecular flexibility index (Phi) is 12.4. The van der Waals surface area contributed by atoms with Gasteiger partial charge in [0.2, 0.25) is 0 Å². The minimum atomic E-state index is 0.776. The van der Waals surface area contributed by atoms with E-state index < -0.39 is 0 Å². The van der Waals surface area contributed by atoms with Gasteiger partial charge in [-0.1, -0.05) is 50.3 Å². The molecule has 40 heavy (non-hydrogen) atoms. The van der Waals surface area contributed by atoms with Gasteiger partial charge in [-0.3, -0.25) is 4.99 Å². The lowest BCUT2D eigenvalue weighted by atomic mass is 10.1. The van der Waals surface area contributed by atoms with Crippen LogP contribution in [0.15, 0.2) is 134 Å². The molecule has 0 N–H and O–H groups in total. The molecule has 0 bridgehead atoms. The van der Waals surface area contributed by atoms with Crippen molar-refractivity contribution in [3.05, 3.63) is 120 Å². The molecule has 0 aliphatic rings. The molecule has 0 aliphatic carbocycles. The van der Waals surface area contributed by atoms with Crippen molar-refractivity contribution >= 4 is 29.0 Å². The average molecular weight is 533 g/mol. The third kappa shape index (κ3) is 10.0. The number of benzene rings is 3. The van der Waals surface area contributed by atoms with Crippen LogP contribution < -0.4 is 0 Å². The Morgan fingerprint density at radius 3 is 1.85 bits per heavy atom. The van der Waals surface area contributed by atoms with Crippen LogP contribution in [0, 0.1) is 0 Å². The van der Waals surface area contributed by atoms with Crippen LogP contribution in [0.1, 0.15) is 51.7 Å². The number of aliphatic imine (C=N–C) groups is 1. The van der Waals surface area contributed by atoms with E-state index in [1.807, 2.05) is 92.0 Å². The Labute approximate surface area is 239 Å². The first-order chi connectivity index (χ1) is 19.5. The lowest BCUT2D eigenvalue weighted by molar-refractivity contribution is 0.396. The third-order valence-corrected chi connectivity index (χ3v) is 6.33. The van der Waals surface area contributed by atoms with E-state index in [-0.39, 0.29) is 0 Å². The number of aryl methyl sites for hydroxylation is 1. The fourth-order valence-electron chi connectivity index (χ4n) is 3.83. The highest BCUT2D eigenvalue weighted by molar-refractivity contribution is 5.82. The van der Waals surface area contributed by atoms with Gasteiger partial charge in [0.25, 0.3) is 0 Å². The highest BCUT2D eigenvalue weighted by Gasteiger charge is 1.99. The third-order valence-electron chi connectivity index (χ3n) is 6.33. The van der Waals surface area contributed by atoms with E-state index in [0.29, 0.717) is 0 Å². The minimum absolute atomic E-state index is 0.776. The van der Waals surface area contributed by atoms with Gasteiger partial charge < -0.3 is 4.90 Å². The van der Waals surface area contributed by atoms with Crippen molar-refractivity contribution in [1.82, 2.24) is 4.90 Å². The topological polar surface area (TPSA) is 65.0 Å². The molecule has 3 rings (SSSR count). The summed E-state index contributed by atoms with van der Waals surface area (Å²) in [6, 6.07) is 23.8. The van der Waals surface area contributed by atoms with E-state index in [0.717, 1.165) is 59.2 Å². The first-order valence-electron chi connectivity index (χ1n) is 14.0. The van der Waals surface area contributed by atoms with Crippen LogP contribution in [0.2, 0.25) is 0 Å². The van der Waals surface area contributed by atoms with E-state index in [9.17, 15) is 0 Å². The van der Waals surface area contributed by atoms with Crippen molar-refractivity contribution in [3.8, 4) is 0 Å². The summed E-state index contributed by atoms with van der Waals surface area (Å²) in [5.74, 6) is 0. The molecular formula is C34H40N6. The Balaban J connectivity index is 1.54. The summed E-state index contributed by atoms with van der Waals surface area (Å²) in [5.41, 5.74) is 7.32. The van der Waals surface area contributed by atoms with Gasteiger partial charge in [-0.2, -0.15) is 20.5 Å². The second-order valence-corrected chi connectivity index (χ2v) is 9.25. The lowest BCUT2D eigenvalue weighted by Gasteiger charge is -2.20. The molecule has 206 valence electrons. The van der Waals surface area contributed by atoms with Crippen molar-refractivity contribution in [2.45, 2.75) is 47.0 Å². The summed E-state index contributed by atoms with van der Waals surface area (Å²) >= 11 is 0. The number of azo groups is 2. The second-order valence-electron chi connectivity index (χ2n) is 9.25. The highest BCUT2D eigenvalue weighted by atomic mass is 15.1. The minimum Gasteiger partial charge on any atom is -0.373 e. The summed E-state index contributed by atoms with van der Waals surface area (Å²) < 4.78 is 0. The van der Waals surface area contributed by atoms with Gasteiger partial charge in [0, 0.05) is 25.0 Å². The molecular weight excluding hydrogens is 492 g/mol. The molecule has 0 aliphatic heterocycles. The Morgan fingerprint density at radius 1 is 0.725 bits per heavy atom. The molecule has 3 aromatic rings. The maximum atomic E-state index is 4.57. The maximum Gasteiger partial charge on any atom is 0.0858 e. The standard InChI is InChI=1S/C34H40N6/c1-6-10-11-28-13-18-32(19-14-28)38-39-34-24-22-31(23-25-34)35-26-29-15-20-33(21-16-29)37-36-30(7-2)17-12-27(5)40(8-3)9-4/h7,12-26H,5-6,8-11H2,1-4H3/b17-12-,30-7+,35-26?,37-36?,39-38?. The molecule has 3 aromatic carbocycles. The normalized spacial score (nSPS) is 12.3. The van der Waals surface area contributed by atoms with Crippen molar-refractivity contribution in [2.24, 2.45) is 25.4 Å². The van der Waals surface area contributed by atoms with Crippen LogP contribution in [0.25, 0.3) is 0 Å². The molecule has 0 heterocycles. The molecule has 0 saturated heterocycles. The van der Waals surface area contributed by atoms with E-state index in [1.165, 1.54) is 18.4 Å². The van der Waals surface area contributed by atoms with Crippen molar-refractivity contribution < 1.29 is 0 Å². The summed E-state index contributed by atoms with van der Waals surface area (Å²) in [5, 5.41) is 17.4. The van der Waals surface area contributed by atoms with Gasteiger partial charge in [-0.25, -0.2) is 0 Å². The van der Waals surface area contributed by atoms with Crippen LogP contribution in [-0.2, 0) is 6.42 Å². The number of likely N-dealkylation sites (N-methyl/N-ethyl adjacent to an activating group) is 1. The zero-order valence-corrected chi connectivity index (χ0v) is 24.2. The molecule has 0 radical (unpaired) electrons. The molecule has 6 heteroatoms. The first-order valence-corrected chi connectivity index (χ1v) is 14.0. The lowest BCUT2D eigenvalue weighted by Crippen LogP contribution is -2.20. The molecule has 0 unspecified atom stereocenters. The Morgan fingerprint density at radius 2 is 1.27 bits per heavy atom. The van der Waals surface area contributed by atoms with Gasteiger partial charge in [-0.05, 0) is 105 Å². The van der Waals surface area contributed by atoms with Gasteiger partial charge >= 0.3 is 0 Å². The molecule has 0 saturated carbocycles. The fourth-order valence-corrected chi connectivity index (χ4v) is 3.83. The number of hydrogen-bond acceptors (Lipinski definition) is 6. The number of allylic oxidation sites excluding steroid dienone is 3. The number of hydrogen-bond donors (Lipinski definition) is 0. The molecule has 0 amide bonds. The maximum absolute atomic E-state index is 4.57. The van der Waals surface area contributed by atoms with Crippen molar-refractivity contribution in [3.63, 3.8) is 0 Å². The first kappa shape index (κ1) is 30.1. The number of nitrogens with zero attached hydrogens (tertiary/aromatic N) is 6. The average Bonchev–Trinajstić information content (AvgIpc) is 3.00. The second kappa shape index (κ2) is 16.5. The predicted molar refractivity (Wildman–Crippen MR) is 169 cm³/mol. The Hall–Kier alpha value is -4.45.